The monoisotopic (exact) mass is 128 g/mol. The first-order chi connectivity index (χ1) is 4.34. The number of rotatable bonds is 2. The van der Waals surface area contributed by atoms with Crippen molar-refractivity contribution in [2.75, 3.05) is 6.61 Å². The van der Waals surface area contributed by atoms with Crippen molar-refractivity contribution < 1.29 is 9.53 Å². The van der Waals surface area contributed by atoms with Gasteiger partial charge in [-0.3, -0.25) is 0 Å². The molecule has 1 heterocycles. The Kier molecular flexibility index (Phi) is 2.22. The Bertz CT molecular complexity index is 95.1. The summed E-state index contributed by atoms with van der Waals surface area (Å²) < 4.78 is 5.27. The molecule has 2 atom stereocenters. The van der Waals surface area contributed by atoms with Crippen molar-refractivity contribution in [3.63, 3.8) is 0 Å². The summed E-state index contributed by atoms with van der Waals surface area (Å²) in [6, 6.07) is 0. The summed E-state index contributed by atoms with van der Waals surface area (Å²) in [4.78, 5) is 10.2. The van der Waals surface area contributed by atoms with E-state index < -0.39 is 0 Å². The molecule has 0 spiro atoms. The Morgan fingerprint density at radius 1 is 1.78 bits per heavy atom. The zero-order valence-electron chi connectivity index (χ0n) is 5.67. The van der Waals surface area contributed by atoms with Crippen molar-refractivity contribution in [1.29, 1.82) is 0 Å². The van der Waals surface area contributed by atoms with E-state index in [1.807, 2.05) is 6.92 Å². The Labute approximate surface area is 55.2 Å². The fraction of sp³-hybridized carbons (Fsp3) is 0.857. The van der Waals surface area contributed by atoms with Crippen LogP contribution in [0.15, 0.2) is 0 Å². The molecule has 0 aromatic carbocycles. The molecule has 2 unspecified atom stereocenters. The lowest BCUT2D eigenvalue weighted by Crippen LogP contribution is -2.17. The fourth-order valence-electron chi connectivity index (χ4n) is 1.10. The first-order valence-corrected chi connectivity index (χ1v) is 3.41. The number of aldehydes is 1. The van der Waals surface area contributed by atoms with E-state index in [1.165, 1.54) is 0 Å². The minimum Gasteiger partial charge on any atom is -0.377 e. The highest BCUT2D eigenvalue weighted by Crippen LogP contribution is 2.17. The van der Waals surface area contributed by atoms with Crippen LogP contribution in [0.5, 0.6) is 0 Å². The standard InChI is InChI=1S/C7H12O2/c1-6(5-8)7-3-2-4-9-7/h5-7H,2-4H2,1H3. The minimum absolute atomic E-state index is 0.0903. The Morgan fingerprint density at radius 3 is 3.00 bits per heavy atom. The molecule has 0 aliphatic carbocycles. The number of carbonyl (C=O) groups excluding carboxylic acids is 1. The topological polar surface area (TPSA) is 26.3 Å². The van der Waals surface area contributed by atoms with Gasteiger partial charge in [0.1, 0.15) is 6.29 Å². The summed E-state index contributed by atoms with van der Waals surface area (Å²) in [5.41, 5.74) is 0. The first-order valence-electron chi connectivity index (χ1n) is 3.41. The molecule has 9 heavy (non-hydrogen) atoms. The molecule has 2 nitrogen and oxygen atoms in total. The highest BCUT2D eigenvalue weighted by molar-refractivity contribution is 5.53. The van der Waals surface area contributed by atoms with Crippen molar-refractivity contribution in [2.45, 2.75) is 25.9 Å². The molecule has 1 aliphatic heterocycles. The summed E-state index contributed by atoms with van der Waals surface area (Å²) in [5, 5.41) is 0. The molecule has 1 rings (SSSR count). The molecule has 1 aliphatic rings. The van der Waals surface area contributed by atoms with Gasteiger partial charge in [0, 0.05) is 12.5 Å². The van der Waals surface area contributed by atoms with Crippen molar-refractivity contribution in [3.05, 3.63) is 0 Å². The van der Waals surface area contributed by atoms with Gasteiger partial charge in [0.2, 0.25) is 0 Å². The van der Waals surface area contributed by atoms with Crippen LogP contribution in [0.25, 0.3) is 0 Å². The van der Waals surface area contributed by atoms with Crippen LogP contribution in [-0.2, 0) is 9.53 Å². The Morgan fingerprint density at radius 2 is 2.56 bits per heavy atom. The SMILES string of the molecule is CC(C=O)C1CCCO1. The molecule has 1 saturated heterocycles. The second kappa shape index (κ2) is 2.97. The van der Waals surface area contributed by atoms with Crippen molar-refractivity contribution in [3.8, 4) is 0 Å². The Hall–Kier alpha value is -0.370. The van der Waals surface area contributed by atoms with E-state index in [0.29, 0.717) is 0 Å². The molecule has 0 amide bonds. The predicted molar refractivity (Wildman–Crippen MR) is 34.2 cm³/mol. The molecule has 0 aromatic rings. The van der Waals surface area contributed by atoms with Gasteiger partial charge in [-0.2, -0.15) is 0 Å². The highest BCUT2D eigenvalue weighted by Gasteiger charge is 2.21. The van der Waals surface area contributed by atoms with E-state index in [-0.39, 0.29) is 12.0 Å². The summed E-state index contributed by atoms with van der Waals surface area (Å²) in [6.07, 6.45) is 3.35. The summed E-state index contributed by atoms with van der Waals surface area (Å²) in [6.45, 7) is 2.74. The van der Waals surface area contributed by atoms with Crippen LogP contribution < -0.4 is 0 Å². The first kappa shape index (κ1) is 6.75. The van der Waals surface area contributed by atoms with Crippen LogP contribution in [0.2, 0.25) is 0 Å². The van der Waals surface area contributed by atoms with Crippen molar-refractivity contribution in [1.82, 2.24) is 0 Å². The predicted octanol–water partition coefficient (Wildman–Crippen LogP) is 1.00. The molecule has 0 aromatic heterocycles. The van der Waals surface area contributed by atoms with Gasteiger partial charge in [-0.25, -0.2) is 0 Å². The van der Waals surface area contributed by atoms with Gasteiger partial charge in [0.25, 0.3) is 0 Å². The number of hydrogen-bond acceptors (Lipinski definition) is 2. The highest BCUT2D eigenvalue weighted by atomic mass is 16.5. The van der Waals surface area contributed by atoms with E-state index >= 15 is 0 Å². The lowest BCUT2D eigenvalue weighted by atomic mass is 10.0. The number of hydrogen-bond donors (Lipinski definition) is 0. The average molecular weight is 128 g/mol. The molecule has 0 saturated carbocycles. The van der Waals surface area contributed by atoms with Gasteiger partial charge in [-0.1, -0.05) is 6.92 Å². The van der Waals surface area contributed by atoms with Crippen LogP contribution in [0, 0.1) is 5.92 Å². The van der Waals surface area contributed by atoms with Crippen LogP contribution in [-0.4, -0.2) is 19.0 Å². The molecule has 1 fully saturated rings. The molecular weight excluding hydrogens is 116 g/mol. The second-order valence-electron chi connectivity index (χ2n) is 2.55. The molecule has 52 valence electrons. The van der Waals surface area contributed by atoms with E-state index in [1.54, 1.807) is 0 Å². The normalized spacial score (nSPS) is 30.1. The lowest BCUT2D eigenvalue weighted by Gasteiger charge is -2.10. The van der Waals surface area contributed by atoms with E-state index in [4.69, 9.17) is 4.74 Å². The quantitative estimate of drug-likeness (QED) is 0.518. The van der Waals surface area contributed by atoms with Crippen LogP contribution in [0.1, 0.15) is 19.8 Å². The van der Waals surface area contributed by atoms with Gasteiger partial charge in [-0.15, -0.1) is 0 Å². The van der Waals surface area contributed by atoms with E-state index in [9.17, 15) is 4.79 Å². The third-order valence-electron chi connectivity index (χ3n) is 1.77. The molecule has 0 radical (unpaired) electrons. The fourth-order valence-corrected chi connectivity index (χ4v) is 1.10. The lowest BCUT2D eigenvalue weighted by molar-refractivity contribution is -0.113. The summed E-state index contributed by atoms with van der Waals surface area (Å²) in [5.74, 6) is 0.0903. The van der Waals surface area contributed by atoms with Gasteiger partial charge in [0.15, 0.2) is 0 Å². The third kappa shape index (κ3) is 1.52. The zero-order chi connectivity index (χ0) is 6.69. The summed E-state index contributed by atoms with van der Waals surface area (Å²) in [7, 11) is 0. The minimum atomic E-state index is 0.0903. The molecule has 0 N–H and O–H groups in total. The maximum atomic E-state index is 10.2. The largest absolute Gasteiger partial charge is 0.377 e. The maximum Gasteiger partial charge on any atom is 0.125 e. The van der Waals surface area contributed by atoms with Gasteiger partial charge in [0.05, 0.1) is 6.10 Å². The van der Waals surface area contributed by atoms with Crippen molar-refractivity contribution in [2.24, 2.45) is 5.92 Å². The van der Waals surface area contributed by atoms with E-state index in [2.05, 4.69) is 0 Å². The van der Waals surface area contributed by atoms with Gasteiger partial charge >= 0.3 is 0 Å². The number of ether oxygens (including phenoxy) is 1. The molecular formula is C7H12O2. The summed E-state index contributed by atoms with van der Waals surface area (Å²) >= 11 is 0. The molecule has 2 heteroatoms. The van der Waals surface area contributed by atoms with Crippen LogP contribution >= 0.6 is 0 Å². The third-order valence-corrected chi connectivity index (χ3v) is 1.77. The second-order valence-corrected chi connectivity index (χ2v) is 2.55. The number of carbonyl (C=O) groups is 1. The van der Waals surface area contributed by atoms with Crippen LogP contribution in [0.4, 0.5) is 0 Å². The zero-order valence-corrected chi connectivity index (χ0v) is 5.67. The van der Waals surface area contributed by atoms with Crippen LogP contribution in [0.3, 0.4) is 0 Å². The van der Waals surface area contributed by atoms with Crippen molar-refractivity contribution >= 4 is 6.29 Å². The molecule has 0 bridgehead atoms. The maximum absolute atomic E-state index is 10.2. The van der Waals surface area contributed by atoms with Gasteiger partial charge in [-0.05, 0) is 12.8 Å². The smallest absolute Gasteiger partial charge is 0.125 e. The van der Waals surface area contributed by atoms with Gasteiger partial charge < -0.3 is 9.53 Å². The average Bonchev–Trinajstić information content (AvgIpc) is 2.37. The van der Waals surface area contributed by atoms with E-state index in [0.717, 1.165) is 25.7 Å². The Balaban J connectivity index is 2.32.